The van der Waals surface area contributed by atoms with Crippen molar-refractivity contribution in [1.82, 2.24) is 0 Å². The number of halogens is 2. The topological polar surface area (TPSA) is 35.2 Å². The van der Waals surface area contributed by atoms with Gasteiger partial charge in [0.25, 0.3) is 0 Å². The first kappa shape index (κ1) is 11.3. The molecular formula is C12H15F2NO. The van der Waals surface area contributed by atoms with E-state index >= 15 is 0 Å². The molecular weight excluding hydrogens is 212 g/mol. The lowest BCUT2D eigenvalue weighted by atomic mass is 9.64. The van der Waals surface area contributed by atoms with Gasteiger partial charge in [0, 0.05) is 17.5 Å². The highest BCUT2D eigenvalue weighted by Gasteiger charge is 2.42. The number of methoxy groups -OCH3 is 1. The monoisotopic (exact) mass is 227 g/mol. The normalized spacial score (nSPS) is 18.0. The van der Waals surface area contributed by atoms with Crippen molar-refractivity contribution in [3.8, 4) is 5.75 Å². The van der Waals surface area contributed by atoms with Gasteiger partial charge < -0.3 is 10.5 Å². The van der Waals surface area contributed by atoms with Crippen LogP contribution in [0.3, 0.4) is 0 Å². The van der Waals surface area contributed by atoms with Crippen LogP contribution in [0.1, 0.15) is 24.8 Å². The van der Waals surface area contributed by atoms with E-state index in [1.165, 1.54) is 13.2 Å². The van der Waals surface area contributed by atoms with Gasteiger partial charge in [0.2, 0.25) is 0 Å². The molecule has 0 spiro atoms. The second kappa shape index (κ2) is 4.01. The predicted octanol–water partition coefficient (Wildman–Crippen LogP) is 2.35. The zero-order chi connectivity index (χ0) is 11.8. The summed E-state index contributed by atoms with van der Waals surface area (Å²) in [5.41, 5.74) is 5.57. The van der Waals surface area contributed by atoms with E-state index in [4.69, 9.17) is 10.5 Å². The molecule has 1 aliphatic carbocycles. The largest absolute Gasteiger partial charge is 0.496 e. The van der Waals surface area contributed by atoms with Gasteiger partial charge in [-0.1, -0.05) is 6.42 Å². The number of benzene rings is 1. The standard InChI is InChI=1S/C12H15F2NO/c1-16-9-4-3-8(13)11(14)10(9)12(7-15)5-2-6-12/h3-4H,2,5-7,15H2,1H3. The van der Waals surface area contributed by atoms with Crippen molar-refractivity contribution in [3.63, 3.8) is 0 Å². The van der Waals surface area contributed by atoms with E-state index < -0.39 is 17.0 Å². The van der Waals surface area contributed by atoms with Crippen molar-refractivity contribution in [3.05, 3.63) is 29.3 Å². The maximum absolute atomic E-state index is 13.8. The Labute approximate surface area is 93.4 Å². The molecule has 0 atom stereocenters. The molecule has 0 heterocycles. The van der Waals surface area contributed by atoms with Crippen LogP contribution in [-0.4, -0.2) is 13.7 Å². The molecule has 1 aliphatic rings. The lowest BCUT2D eigenvalue weighted by molar-refractivity contribution is 0.232. The SMILES string of the molecule is COc1ccc(F)c(F)c1C1(CN)CCC1. The molecule has 0 unspecified atom stereocenters. The molecule has 0 bridgehead atoms. The minimum atomic E-state index is -0.837. The molecule has 1 saturated carbocycles. The summed E-state index contributed by atoms with van der Waals surface area (Å²) in [7, 11) is 1.46. The molecule has 0 amide bonds. The number of hydrogen-bond donors (Lipinski definition) is 1. The van der Waals surface area contributed by atoms with Crippen LogP contribution >= 0.6 is 0 Å². The van der Waals surface area contributed by atoms with Crippen LogP contribution in [0, 0.1) is 11.6 Å². The van der Waals surface area contributed by atoms with E-state index in [0.717, 1.165) is 25.3 Å². The van der Waals surface area contributed by atoms with E-state index in [2.05, 4.69) is 0 Å². The Hall–Kier alpha value is -1.16. The van der Waals surface area contributed by atoms with E-state index in [9.17, 15) is 8.78 Å². The van der Waals surface area contributed by atoms with Crippen molar-refractivity contribution >= 4 is 0 Å². The zero-order valence-corrected chi connectivity index (χ0v) is 9.22. The van der Waals surface area contributed by atoms with Gasteiger partial charge >= 0.3 is 0 Å². The van der Waals surface area contributed by atoms with Gasteiger partial charge in [0.15, 0.2) is 11.6 Å². The Morgan fingerprint density at radius 2 is 2.06 bits per heavy atom. The summed E-state index contributed by atoms with van der Waals surface area (Å²) in [5, 5.41) is 0. The van der Waals surface area contributed by atoms with Crippen molar-refractivity contribution in [2.24, 2.45) is 5.73 Å². The predicted molar refractivity (Wildman–Crippen MR) is 57.5 cm³/mol. The minimum Gasteiger partial charge on any atom is -0.496 e. The first-order chi connectivity index (χ1) is 7.64. The maximum atomic E-state index is 13.8. The van der Waals surface area contributed by atoms with Crippen LogP contribution in [0.25, 0.3) is 0 Å². The fourth-order valence-corrected chi connectivity index (χ4v) is 2.36. The van der Waals surface area contributed by atoms with Gasteiger partial charge in [0.05, 0.1) is 7.11 Å². The second-order valence-corrected chi connectivity index (χ2v) is 4.28. The Kier molecular flexibility index (Phi) is 2.84. The highest BCUT2D eigenvalue weighted by atomic mass is 19.2. The summed E-state index contributed by atoms with van der Waals surface area (Å²) in [6, 6.07) is 2.55. The smallest absolute Gasteiger partial charge is 0.166 e. The molecule has 16 heavy (non-hydrogen) atoms. The molecule has 1 aromatic rings. The van der Waals surface area contributed by atoms with E-state index in [1.54, 1.807) is 0 Å². The lowest BCUT2D eigenvalue weighted by Crippen LogP contribution is -2.42. The molecule has 4 heteroatoms. The Bertz CT molecular complexity index is 397. The summed E-state index contributed by atoms with van der Waals surface area (Å²) in [4.78, 5) is 0. The molecule has 1 aromatic carbocycles. The zero-order valence-electron chi connectivity index (χ0n) is 9.22. The van der Waals surface area contributed by atoms with Crippen molar-refractivity contribution in [2.45, 2.75) is 24.7 Å². The van der Waals surface area contributed by atoms with E-state index in [-0.39, 0.29) is 0 Å². The Morgan fingerprint density at radius 1 is 1.38 bits per heavy atom. The third kappa shape index (κ3) is 1.48. The Balaban J connectivity index is 2.56. The van der Waals surface area contributed by atoms with Crippen LogP contribution in [0.4, 0.5) is 8.78 Å². The second-order valence-electron chi connectivity index (χ2n) is 4.28. The fraction of sp³-hybridized carbons (Fsp3) is 0.500. The maximum Gasteiger partial charge on any atom is 0.166 e. The van der Waals surface area contributed by atoms with Crippen LogP contribution in [0.2, 0.25) is 0 Å². The first-order valence-corrected chi connectivity index (χ1v) is 5.37. The fourth-order valence-electron chi connectivity index (χ4n) is 2.36. The van der Waals surface area contributed by atoms with Gasteiger partial charge in [0.1, 0.15) is 5.75 Å². The summed E-state index contributed by atoms with van der Waals surface area (Å²) in [6.45, 7) is 0.323. The molecule has 2 N–H and O–H groups in total. The summed E-state index contributed by atoms with van der Waals surface area (Å²) < 4.78 is 32.2. The van der Waals surface area contributed by atoms with Gasteiger partial charge in [-0.25, -0.2) is 8.78 Å². The van der Waals surface area contributed by atoms with Crippen LogP contribution in [-0.2, 0) is 5.41 Å². The molecule has 0 aromatic heterocycles. The highest BCUT2D eigenvalue weighted by Crippen LogP contribution is 2.47. The lowest BCUT2D eigenvalue weighted by Gasteiger charge is -2.42. The molecule has 0 radical (unpaired) electrons. The summed E-state index contributed by atoms with van der Waals surface area (Å²) in [5.74, 6) is -1.26. The van der Waals surface area contributed by atoms with Gasteiger partial charge in [-0.2, -0.15) is 0 Å². The van der Waals surface area contributed by atoms with Crippen LogP contribution in [0.5, 0.6) is 5.75 Å². The molecule has 1 fully saturated rings. The molecule has 88 valence electrons. The van der Waals surface area contributed by atoms with Crippen molar-refractivity contribution < 1.29 is 13.5 Å². The number of hydrogen-bond acceptors (Lipinski definition) is 2. The highest BCUT2D eigenvalue weighted by molar-refractivity contribution is 5.43. The van der Waals surface area contributed by atoms with Crippen molar-refractivity contribution in [2.75, 3.05) is 13.7 Å². The minimum absolute atomic E-state index is 0.309. The third-order valence-electron chi connectivity index (χ3n) is 3.51. The average molecular weight is 227 g/mol. The summed E-state index contributed by atoms with van der Waals surface area (Å²) in [6.07, 6.45) is 2.58. The number of ether oxygens (including phenoxy) is 1. The molecule has 0 saturated heterocycles. The van der Waals surface area contributed by atoms with E-state index in [1.807, 2.05) is 0 Å². The van der Waals surface area contributed by atoms with Crippen LogP contribution in [0.15, 0.2) is 12.1 Å². The van der Waals surface area contributed by atoms with Crippen LogP contribution < -0.4 is 10.5 Å². The molecule has 0 aliphatic heterocycles. The average Bonchev–Trinajstić information content (AvgIpc) is 2.23. The van der Waals surface area contributed by atoms with Gasteiger partial charge in [-0.05, 0) is 25.0 Å². The first-order valence-electron chi connectivity index (χ1n) is 5.37. The molecule has 2 nitrogen and oxygen atoms in total. The number of rotatable bonds is 3. The third-order valence-corrected chi connectivity index (χ3v) is 3.51. The number of nitrogens with two attached hydrogens (primary N) is 1. The van der Waals surface area contributed by atoms with Crippen molar-refractivity contribution in [1.29, 1.82) is 0 Å². The van der Waals surface area contributed by atoms with Gasteiger partial charge in [-0.15, -0.1) is 0 Å². The summed E-state index contributed by atoms with van der Waals surface area (Å²) >= 11 is 0. The quantitative estimate of drug-likeness (QED) is 0.860. The van der Waals surface area contributed by atoms with Gasteiger partial charge in [-0.3, -0.25) is 0 Å². The Morgan fingerprint density at radius 3 is 2.50 bits per heavy atom. The molecule has 2 rings (SSSR count). The van der Waals surface area contributed by atoms with E-state index in [0.29, 0.717) is 17.9 Å².